The van der Waals surface area contributed by atoms with Crippen LogP contribution in [0.3, 0.4) is 0 Å². The summed E-state index contributed by atoms with van der Waals surface area (Å²) < 4.78 is 4.19. The molecule has 0 rings (SSSR count). The van der Waals surface area contributed by atoms with Crippen LogP contribution in [-0.4, -0.2) is 5.71 Å². The molecule has 0 unspecified atom stereocenters. The quantitative estimate of drug-likeness (QED) is 0.402. The molecule has 0 aromatic heterocycles. The molecule has 0 atom stereocenters. The lowest BCUT2D eigenvalue weighted by atomic mass is 9.82. The first-order chi connectivity index (χ1) is 6.44. The zero-order valence-electron chi connectivity index (χ0n) is 9.18. The standard InChI is InChI=1S/C12H18IN/c1-6-7-8-10(2)9-12(4,5)11(3)14-13/h6-8H,1-2,9H2,3-5H3/b8-7-,14-11+. The van der Waals surface area contributed by atoms with Gasteiger partial charge in [0.05, 0.1) is 22.9 Å². The summed E-state index contributed by atoms with van der Waals surface area (Å²) in [7, 11) is 0. The average molecular weight is 303 g/mol. The van der Waals surface area contributed by atoms with Gasteiger partial charge in [-0.05, 0) is 13.3 Å². The SMILES string of the molecule is C=C/C=C\C(=C)CC(C)(C)/C(C)=N/I. The van der Waals surface area contributed by atoms with Gasteiger partial charge in [0, 0.05) is 11.1 Å². The van der Waals surface area contributed by atoms with Crippen molar-refractivity contribution in [2.75, 3.05) is 0 Å². The minimum absolute atomic E-state index is 0.0871. The van der Waals surface area contributed by atoms with E-state index in [0.29, 0.717) is 0 Å². The second kappa shape index (κ2) is 6.17. The van der Waals surface area contributed by atoms with E-state index in [4.69, 9.17) is 0 Å². The summed E-state index contributed by atoms with van der Waals surface area (Å²) in [5.41, 5.74) is 2.34. The van der Waals surface area contributed by atoms with Crippen LogP contribution in [0.2, 0.25) is 0 Å². The number of rotatable bonds is 5. The molecule has 0 radical (unpaired) electrons. The zero-order valence-corrected chi connectivity index (χ0v) is 11.3. The molecule has 0 saturated heterocycles. The Hall–Kier alpha value is -0.380. The summed E-state index contributed by atoms with van der Waals surface area (Å²) in [6.45, 7) is 14.0. The van der Waals surface area contributed by atoms with Crippen molar-refractivity contribution in [1.82, 2.24) is 0 Å². The fourth-order valence-electron chi connectivity index (χ4n) is 1.07. The van der Waals surface area contributed by atoms with Crippen molar-refractivity contribution in [2.24, 2.45) is 8.62 Å². The third-order valence-corrected chi connectivity index (χ3v) is 2.97. The maximum absolute atomic E-state index is 4.19. The van der Waals surface area contributed by atoms with Crippen LogP contribution in [-0.2, 0) is 0 Å². The Morgan fingerprint density at radius 3 is 2.50 bits per heavy atom. The Kier molecular flexibility index (Phi) is 6.00. The highest BCUT2D eigenvalue weighted by Gasteiger charge is 2.21. The molecule has 14 heavy (non-hydrogen) atoms. The first-order valence-corrected chi connectivity index (χ1v) is 5.53. The van der Waals surface area contributed by atoms with E-state index in [9.17, 15) is 0 Å². The van der Waals surface area contributed by atoms with Crippen molar-refractivity contribution in [3.8, 4) is 0 Å². The summed E-state index contributed by atoms with van der Waals surface area (Å²) in [5.74, 6) is 0. The van der Waals surface area contributed by atoms with Crippen LogP contribution in [0.5, 0.6) is 0 Å². The van der Waals surface area contributed by atoms with E-state index in [-0.39, 0.29) is 5.41 Å². The first kappa shape index (κ1) is 13.6. The first-order valence-electron chi connectivity index (χ1n) is 4.57. The lowest BCUT2D eigenvalue weighted by Gasteiger charge is -2.24. The summed E-state index contributed by atoms with van der Waals surface area (Å²) in [4.78, 5) is 0. The summed E-state index contributed by atoms with van der Waals surface area (Å²) in [5, 5.41) is 0. The summed E-state index contributed by atoms with van der Waals surface area (Å²) >= 11 is 2.04. The van der Waals surface area contributed by atoms with Crippen LogP contribution in [0.4, 0.5) is 0 Å². The Morgan fingerprint density at radius 1 is 1.50 bits per heavy atom. The molecule has 0 heterocycles. The highest BCUT2D eigenvalue weighted by molar-refractivity contribution is 14.1. The van der Waals surface area contributed by atoms with Crippen molar-refractivity contribution >= 4 is 28.6 Å². The van der Waals surface area contributed by atoms with E-state index in [2.05, 4.69) is 37.1 Å². The molecule has 0 fully saturated rings. The lowest BCUT2D eigenvalue weighted by molar-refractivity contribution is 0.522. The Morgan fingerprint density at radius 2 is 2.07 bits per heavy atom. The second-order valence-corrected chi connectivity index (χ2v) is 4.47. The normalized spacial score (nSPS) is 13.3. The van der Waals surface area contributed by atoms with Gasteiger partial charge in [-0.3, -0.25) is 0 Å². The van der Waals surface area contributed by atoms with Crippen molar-refractivity contribution in [1.29, 1.82) is 0 Å². The summed E-state index contributed by atoms with van der Waals surface area (Å²) in [6, 6.07) is 0. The molecule has 0 amide bonds. The van der Waals surface area contributed by atoms with E-state index in [1.165, 1.54) is 0 Å². The minimum atomic E-state index is 0.0871. The molecule has 0 spiro atoms. The van der Waals surface area contributed by atoms with Crippen LogP contribution in [0, 0.1) is 5.41 Å². The molecule has 0 aromatic carbocycles. The fraction of sp³-hybridized carbons (Fsp3) is 0.417. The minimum Gasteiger partial charge on any atom is -0.224 e. The maximum atomic E-state index is 4.19. The molecular weight excluding hydrogens is 285 g/mol. The number of nitrogens with zero attached hydrogens (tertiary/aromatic N) is 1. The molecule has 78 valence electrons. The predicted octanol–water partition coefficient (Wildman–Crippen LogP) is 4.51. The maximum Gasteiger partial charge on any atom is 0.0830 e. The van der Waals surface area contributed by atoms with Gasteiger partial charge in [0.2, 0.25) is 0 Å². The molecule has 1 nitrogen and oxygen atoms in total. The van der Waals surface area contributed by atoms with E-state index in [0.717, 1.165) is 17.7 Å². The van der Waals surface area contributed by atoms with Gasteiger partial charge in [-0.25, -0.2) is 3.21 Å². The Labute approximate surface area is 101 Å². The lowest BCUT2D eigenvalue weighted by Crippen LogP contribution is -2.21. The smallest absolute Gasteiger partial charge is 0.0830 e. The monoisotopic (exact) mass is 303 g/mol. The van der Waals surface area contributed by atoms with Gasteiger partial charge in [-0.15, -0.1) is 0 Å². The summed E-state index contributed by atoms with van der Waals surface area (Å²) in [6.07, 6.45) is 6.59. The van der Waals surface area contributed by atoms with Gasteiger partial charge in [0.1, 0.15) is 0 Å². The van der Waals surface area contributed by atoms with Crippen LogP contribution in [0.15, 0.2) is 40.2 Å². The van der Waals surface area contributed by atoms with Gasteiger partial charge in [0.25, 0.3) is 0 Å². The van der Waals surface area contributed by atoms with E-state index in [1.54, 1.807) is 6.08 Å². The molecule has 2 heteroatoms. The van der Waals surface area contributed by atoms with E-state index < -0.39 is 0 Å². The molecule has 0 aliphatic rings. The van der Waals surface area contributed by atoms with E-state index in [1.807, 2.05) is 35.0 Å². The number of hydrogen-bond acceptors (Lipinski definition) is 1. The second-order valence-electron chi connectivity index (χ2n) is 3.98. The van der Waals surface area contributed by atoms with Crippen molar-refractivity contribution < 1.29 is 0 Å². The molecule has 0 aliphatic carbocycles. The largest absolute Gasteiger partial charge is 0.224 e. The fourth-order valence-corrected chi connectivity index (χ4v) is 1.73. The van der Waals surface area contributed by atoms with Crippen LogP contribution in [0.25, 0.3) is 0 Å². The molecular formula is C12H18IN. The Balaban J connectivity index is 4.44. The van der Waals surface area contributed by atoms with Gasteiger partial charge in [0.15, 0.2) is 0 Å². The van der Waals surface area contributed by atoms with Crippen LogP contribution >= 0.6 is 22.9 Å². The van der Waals surface area contributed by atoms with Gasteiger partial charge in [-0.2, -0.15) is 0 Å². The molecule has 0 saturated carbocycles. The average Bonchev–Trinajstić information content (AvgIpc) is 2.12. The molecule has 0 aromatic rings. The highest BCUT2D eigenvalue weighted by atomic mass is 127. The van der Waals surface area contributed by atoms with Crippen molar-refractivity contribution in [3.05, 3.63) is 37.0 Å². The number of hydrogen-bond donors (Lipinski definition) is 0. The van der Waals surface area contributed by atoms with Crippen LogP contribution in [0.1, 0.15) is 27.2 Å². The van der Waals surface area contributed by atoms with Gasteiger partial charge in [-0.1, -0.05) is 50.8 Å². The molecule has 0 bridgehead atoms. The van der Waals surface area contributed by atoms with Crippen LogP contribution < -0.4 is 0 Å². The number of halogens is 1. The molecule has 0 N–H and O–H groups in total. The van der Waals surface area contributed by atoms with Gasteiger partial charge >= 0.3 is 0 Å². The van der Waals surface area contributed by atoms with Crippen molar-refractivity contribution in [3.63, 3.8) is 0 Å². The third kappa shape index (κ3) is 4.74. The molecule has 0 aliphatic heterocycles. The Bertz CT molecular complexity index is 272. The zero-order chi connectivity index (χ0) is 11.2. The highest BCUT2D eigenvalue weighted by Crippen LogP contribution is 2.27. The number of allylic oxidation sites excluding steroid dienone is 4. The predicted molar refractivity (Wildman–Crippen MR) is 74.0 cm³/mol. The van der Waals surface area contributed by atoms with E-state index >= 15 is 0 Å². The van der Waals surface area contributed by atoms with Gasteiger partial charge < -0.3 is 0 Å². The van der Waals surface area contributed by atoms with Crippen molar-refractivity contribution in [2.45, 2.75) is 27.2 Å². The topological polar surface area (TPSA) is 12.4 Å². The third-order valence-electron chi connectivity index (χ3n) is 2.24.